The predicted molar refractivity (Wildman–Crippen MR) is 127 cm³/mol. The highest BCUT2D eigenvalue weighted by molar-refractivity contribution is 7.22. The van der Waals surface area contributed by atoms with E-state index in [1.165, 1.54) is 5.56 Å². The normalized spacial score (nSPS) is 14.5. The summed E-state index contributed by atoms with van der Waals surface area (Å²) in [6.45, 7) is 6.71. The Labute approximate surface area is 192 Å². The van der Waals surface area contributed by atoms with Crippen LogP contribution in [-0.4, -0.2) is 55.2 Å². The lowest BCUT2D eigenvalue weighted by Gasteiger charge is -2.29. The van der Waals surface area contributed by atoms with Gasteiger partial charge in [0, 0.05) is 26.2 Å². The molecule has 1 aromatic heterocycles. The topological polar surface area (TPSA) is 45.7 Å². The van der Waals surface area contributed by atoms with Crippen LogP contribution in [0.5, 0.6) is 0 Å². The van der Waals surface area contributed by atoms with Crippen LogP contribution in [0, 0.1) is 0 Å². The summed E-state index contributed by atoms with van der Waals surface area (Å²) in [5, 5.41) is 1.18. The molecule has 2 heterocycles. The second-order valence-electron chi connectivity index (χ2n) is 7.04. The van der Waals surface area contributed by atoms with E-state index in [9.17, 15) is 4.79 Å². The summed E-state index contributed by atoms with van der Waals surface area (Å²) in [5.41, 5.74) is 2.69. The number of rotatable bonds is 6. The number of aromatic nitrogens is 1. The van der Waals surface area contributed by atoms with E-state index in [2.05, 4.69) is 24.0 Å². The molecule has 160 valence electrons. The number of fused-ring (bicyclic) bond motifs is 1. The molecule has 1 fully saturated rings. The number of nitrogens with zero attached hydrogens (tertiary/aromatic N) is 3. The van der Waals surface area contributed by atoms with E-state index in [0.29, 0.717) is 22.3 Å². The smallest absolute Gasteiger partial charge is 0.261 e. The highest BCUT2D eigenvalue weighted by Gasteiger charge is 2.24. The molecule has 0 spiro atoms. The van der Waals surface area contributed by atoms with Crippen LogP contribution in [0.2, 0.25) is 5.02 Å². The van der Waals surface area contributed by atoms with Gasteiger partial charge >= 0.3 is 0 Å². The van der Waals surface area contributed by atoms with Gasteiger partial charge in [-0.2, -0.15) is 0 Å². The first-order chi connectivity index (χ1) is 14.2. The van der Waals surface area contributed by atoms with Crippen LogP contribution in [0.4, 0.5) is 5.13 Å². The third-order valence-corrected chi connectivity index (χ3v) is 6.54. The van der Waals surface area contributed by atoms with Gasteiger partial charge in [0.1, 0.15) is 0 Å². The van der Waals surface area contributed by atoms with Crippen molar-refractivity contribution in [2.24, 2.45) is 0 Å². The first-order valence-corrected chi connectivity index (χ1v) is 11.1. The van der Waals surface area contributed by atoms with Gasteiger partial charge in [0.25, 0.3) is 5.91 Å². The number of thiazole rings is 1. The lowest BCUT2D eigenvalue weighted by Crippen LogP contribution is -2.43. The van der Waals surface area contributed by atoms with Crippen molar-refractivity contribution in [1.29, 1.82) is 0 Å². The van der Waals surface area contributed by atoms with E-state index >= 15 is 0 Å². The number of morpholine rings is 1. The van der Waals surface area contributed by atoms with E-state index < -0.39 is 0 Å². The summed E-state index contributed by atoms with van der Waals surface area (Å²) in [7, 11) is 0. The molecule has 1 aliphatic rings. The van der Waals surface area contributed by atoms with Gasteiger partial charge in [-0.25, -0.2) is 4.98 Å². The summed E-state index contributed by atoms with van der Waals surface area (Å²) in [6, 6.07) is 13.5. The average molecular weight is 466 g/mol. The zero-order valence-electron chi connectivity index (χ0n) is 16.8. The van der Waals surface area contributed by atoms with E-state index in [-0.39, 0.29) is 18.3 Å². The molecule has 1 amide bonds. The highest BCUT2D eigenvalue weighted by atomic mass is 35.5. The van der Waals surface area contributed by atoms with Gasteiger partial charge in [0.2, 0.25) is 0 Å². The maximum Gasteiger partial charge on any atom is 0.261 e. The first-order valence-electron chi connectivity index (χ1n) is 9.91. The lowest BCUT2D eigenvalue weighted by molar-refractivity contribution is 0.0391. The van der Waals surface area contributed by atoms with E-state index in [1.54, 1.807) is 28.4 Å². The maximum absolute atomic E-state index is 13.4. The summed E-state index contributed by atoms with van der Waals surface area (Å²) in [6.07, 6.45) is 0.975. The fourth-order valence-corrected chi connectivity index (χ4v) is 4.69. The number of amides is 1. The van der Waals surface area contributed by atoms with Gasteiger partial charge in [0.05, 0.1) is 34.0 Å². The molecule has 0 unspecified atom stereocenters. The fourth-order valence-electron chi connectivity index (χ4n) is 3.42. The van der Waals surface area contributed by atoms with Gasteiger partial charge in [0.15, 0.2) is 5.13 Å². The third-order valence-electron chi connectivity index (χ3n) is 5.17. The number of ether oxygens (including phenoxy) is 1. The Morgan fingerprint density at radius 3 is 2.73 bits per heavy atom. The number of anilines is 1. The maximum atomic E-state index is 13.4. The molecule has 2 aromatic carbocycles. The molecule has 0 saturated carbocycles. The first kappa shape index (κ1) is 23.0. The average Bonchev–Trinajstić information content (AvgIpc) is 3.17. The number of benzene rings is 2. The van der Waals surface area contributed by atoms with Crippen LogP contribution >= 0.6 is 35.3 Å². The van der Waals surface area contributed by atoms with Gasteiger partial charge < -0.3 is 4.74 Å². The quantitative estimate of drug-likeness (QED) is 0.518. The molecule has 30 heavy (non-hydrogen) atoms. The molecule has 0 atom stereocenters. The van der Waals surface area contributed by atoms with Gasteiger partial charge in [-0.3, -0.25) is 14.6 Å². The molecule has 0 N–H and O–H groups in total. The number of carbonyl (C=O) groups excluding carboxylic acids is 1. The Hall–Kier alpha value is -1.70. The number of hydrogen-bond acceptors (Lipinski definition) is 5. The lowest BCUT2D eigenvalue weighted by atomic mass is 10.2. The second-order valence-corrected chi connectivity index (χ2v) is 8.46. The Morgan fingerprint density at radius 1 is 1.23 bits per heavy atom. The number of aryl methyl sites for hydroxylation is 1. The Balaban J connectivity index is 0.00000256. The Morgan fingerprint density at radius 2 is 2.00 bits per heavy atom. The van der Waals surface area contributed by atoms with E-state index in [0.717, 1.165) is 49.5 Å². The fraction of sp³-hybridized carbons (Fsp3) is 0.364. The second kappa shape index (κ2) is 10.6. The number of carbonyl (C=O) groups is 1. The van der Waals surface area contributed by atoms with Crippen molar-refractivity contribution >= 4 is 56.6 Å². The molecule has 3 aromatic rings. The van der Waals surface area contributed by atoms with Crippen LogP contribution < -0.4 is 4.90 Å². The molecular formula is C22H25Cl2N3O2S. The van der Waals surface area contributed by atoms with Gasteiger partial charge in [-0.15, -0.1) is 12.4 Å². The summed E-state index contributed by atoms with van der Waals surface area (Å²) in [4.78, 5) is 22.3. The van der Waals surface area contributed by atoms with E-state index in [4.69, 9.17) is 21.3 Å². The zero-order valence-corrected chi connectivity index (χ0v) is 19.2. The van der Waals surface area contributed by atoms with Crippen LogP contribution in [-0.2, 0) is 11.2 Å². The molecule has 1 saturated heterocycles. The van der Waals surface area contributed by atoms with Crippen LogP contribution in [0.3, 0.4) is 0 Å². The van der Waals surface area contributed by atoms with Crippen LogP contribution in [0.1, 0.15) is 22.8 Å². The minimum absolute atomic E-state index is 0. The number of halogens is 2. The minimum Gasteiger partial charge on any atom is -0.379 e. The van der Waals surface area contributed by atoms with Crippen molar-refractivity contribution in [3.8, 4) is 0 Å². The van der Waals surface area contributed by atoms with Crippen LogP contribution in [0.15, 0.2) is 42.5 Å². The zero-order chi connectivity index (χ0) is 20.2. The molecule has 8 heteroatoms. The molecule has 4 rings (SSSR count). The largest absolute Gasteiger partial charge is 0.379 e. The van der Waals surface area contributed by atoms with E-state index in [1.807, 2.05) is 18.2 Å². The van der Waals surface area contributed by atoms with Crippen LogP contribution in [0.25, 0.3) is 10.2 Å². The third kappa shape index (κ3) is 5.13. The van der Waals surface area contributed by atoms with Gasteiger partial charge in [-0.1, -0.05) is 48.1 Å². The van der Waals surface area contributed by atoms with Crippen molar-refractivity contribution in [1.82, 2.24) is 9.88 Å². The molecule has 5 nitrogen and oxygen atoms in total. The highest BCUT2D eigenvalue weighted by Crippen LogP contribution is 2.31. The molecule has 0 bridgehead atoms. The van der Waals surface area contributed by atoms with Crippen molar-refractivity contribution in [2.45, 2.75) is 13.3 Å². The standard InChI is InChI=1S/C22H24ClN3O2S.ClH/c1-2-16-7-8-19-20(15-16)29-22(24-19)26(10-9-25-11-13-28-14-12-25)21(27)17-5-3-4-6-18(17)23;/h3-8,15H,2,9-14H2,1H3;1H. The molecule has 0 aliphatic carbocycles. The molecule has 0 radical (unpaired) electrons. The molecular weight excluding hydrogens is 441 g/mol. The minimum atomic E-state index is -0.112. The van der Waals surface area contributed by atoms with Crippen molar-refractivity contribution < 1.29 is 9.53 Å². The van der Waals surface area contributed by atoms with Crippen molar-refractivity contribution in [2.75, 3.05) is 44.3 Å². The molecule has 1 aliphatic heterocycles. The van der Waals surface area contributed by atoms with Crippen molar-refractivity contribution in [3.05, 3.63) is 58.6 Å². The predicted octanol–water partition coefficient (Wildman–Crippen LogP) is 4.91. The van der Waals surface area contributed by atoms with Crippen molar-refractivity contribution in [3.63, 3.8) is 0 Å². The monoisotopic (exact) mass is 465 g/mol. The Kier molecular flexibility index (Phi) is 8.08. The SMILES string of the molecule is CCc1ccc2nc(N(CCN3CCOCC3)C(=O)c3ccccc3Cl)sc2c1.Cl. The number of hydrogen-bond donors (Lipinski definition) is 0. The summed E-state index contributed by atoms with van der Waals surface area (Å²) in [5.74, 6) is -0.112. The Bertz CT molecular complexity index is 1000. The summed E-state index contributed by atoms with van der Waals surface area (Å²) >= 11 is 7.88. The van der Waals surface area contributed by atoms with Gasteiger partial charge in [-0.05, 0) is 36.2 Å². The summed E-state index contributed by atoms with van der Waals surface area (Å²) < 4.78 is 6.54.